The lowest BCUT2D eigenvalue weighted by molar-refractivity contribution is -0.0424. The summed E-state index contributed by atoms with van der Waals surface area (Å²) in [4.78, 5) is 11.7. The van der Waals surface area contributed by atoms with Gasteiger partial charge in [-0.3, -0.25) is 0 Å². The molecule has 0 bridgehead atoms. The first kappa shape index (κ1) is 19.8. The maximum atomic E-state index is 14.2. The Morgan fingerprint density at radius 3 is 2.67 bits per heavy atom. The van der Waals surface area contributed by atoms with E-state index in [4.69, 9.17) is 14.4 Å². The second-order valence-electron chi connectivity index (χ2n) is 8.19. The highest BCUT2D eigenvalue weighted by Gasteiger charge is 2.26. The van der Waals surface area contributed by atoms with Crippen LogP contribution in [0.4, 0.5) is 15.9 Å². The van der Waals surface area contributed by atoms with Crippen LogP contribution in [0.15, 0.2) is 71.1 Å². The van der Waals surface area contributed by atoms with Gasteiger partial charge in [0.1, 0.15) is 17.1 Å². The monoisotopic (exact) mass is 441 g/mol. The maximum Gasteiger partial charge on any atom is 0.178 e. The average molecular weight is 441 g/mol. The third-order valence-electron chi connectivity index (χ3n) is 6.05. The van der Waals surface area contributed by atoms with Gasteiger partial charge < -0.3 is 19.5 Å². The largest absolute Gasteiger partial charge is 0.454 e. The van der Waals surface area contributed by atoms with Gasteiger partial charge in [-0.15, -0.1) is 0 Å². The number of hydrogen-bond acceptors (Lipinski definition) is 6. The van der Waals surface area contributed by atoms with E-state index in [2.05, 4.69) is 0 Å². The topological polar surface area (TPSA) is 82.6 Å². The molecule has 164 valence electrons. The Morgan fingerprint density at radius 2 is 1.82 bits per heavy atom. The summed E-state index contributed by atoms with van der Waals surface area (Å²) in [7, 11) is 0. The molecule has 0 spiro atoms. The first-order valence-electron chi connectivity index (χ1n) is 10.8. The Kier molecular flexibility index (Phi) is 4.60. The number of hydrogen-bond donors (Lipinski definition) is 2. The van der Waals surface area contributed by atoms with Gasteiger partial charge in [-0.05, 0) is 54.8 Å². The highest BCUT2D eigenvalue weighted by molar-refractivity contribution is 5.89. The second kappa shape index (κ2) is 7.65. The molecule has 3 aromatic carbocycles. The summed E-state index contributed by atoms with van der Waals surface area (Å²) in [6.45, 7) is 0.645. The van der Waals surface area contributed by atoms with Gasteiger partial charge in [0.2, 0.25) is 0 Å². The quantitative estimate of drug-likeness (QED) is 0.372. The highest BCUT2D eigenvalue weighted by Crippen LogP contribution is 2.40. The first-order chi connectivity index (χ1) is 16.1. The number of aliphatic hydroxyl groups is 2. The number of aryl methyl sites for hydroxylation is 1. The van der Waals surface area contributed by atoms with Crippen molar-refractivity contribution < 1.29 is 19.0 Å². The van der Waals surface area contributed by atoms with Crippen LogP contribution in [0.5, 0.6) is 0 Å². The van der Waals surface area contributed by atoms with E-state index in [0.29, 0.717) is 40.4 Å². The fraction of sp³-hybridized carbons (Fsp3) is 0.154. The van der Waals surface area contributed by atoms with Gasteiger partial charge in [0.25, 0.3) is 0 Å². The summed E-state index contributed by atoms with van der Waals surface area (Å²) in [5.41, 5.74) is 4.51. The zero-order valence-corrected chi connectivity index (χ0v) is 17.6. The summed E-state index contributed by atoms with van der Waals surface area (Å²) in [6.07, 6.45) is 0.126. The van der Waals surface area contributed by atoms with Crippen molar-refractivity contribution in [1.29, 1.82) is 0 Å². The van der Waals surface area contributed by atoms with Gasteiger partial charge in [-0.2, -0.15) is 0 Å². The molecule has 0 amide bonds. The third kappa shape index (κ3) is 3.42. The fourth-order valence-electron chi connectivity index (χ4n) is 4.44. The Labute approximate surface area is 188 Å². The summed E-state index contributed by atoms with van der Waals surface area (Å²) in [6, 6.07) is 19.4. The molecule has 0 fully saturated rings. The van der Waals surface area contributed by atoms with Gasteiger partial charge in [0.05, 0.1) is 11.0 Å². The lowest BCUT2D eigenvalue weighted by Crippen LogP contribution is -2.26. The number of aromatic nitrogens is 2. The molecule has 33 heavy (non-hydrogen) atoms. The Hall–Kier alpha value is -3.81. The molecule has 0 saturated heterocycles. The minimum atomic E-state index is -1.61. The number of para-hydroxylation sites is 1. The second-order valence-corrected chi connectivity index (χ2v) is 8.19. The van der Waals surface area contributed by atoms with Crippen molar-refractivity contribution in [2.24, 2.45) is 0 Å². The standard InChI is InChI=1S/C26H20FN3O3/c27-18-9-7-15-5-3-11-30(21(15)14-18)25-24(23-13-16-4-1-2-6-22(16)33-23)28-19-10-8-17(26(31)32)12-20(19)29-25/h1-2,4,6-10,12-14,26,31-32H,3,5,11H2. The molecular weight excluding hydrogens is 421 g/mol. The summed E-state index contributed by atoms with van der Waals surface area (Å²) in [5.74, 6) is 0.790. The predicted octanol–water partition coefficient (Wildman–Crippen LogP) is 5.25. The molecule has 3 heterocycles. The molecule has 0 saturated carbocycles. The van der Waals surface area contributed by atoms with Crippen molar-refractivity contribution in [3.8, 4) is 11.5 Å². The molecule has 0 radical (unpaired) electrons. The van der Waals surface area contributed by atoms with Gasteiger partial charge in [-0.1, -0.05) is 30.3 Å². The van der Waals surface area contributed by atoms with E-state index in [1.165, 1.54) is 12.1 Å². The minimum Gasteiger partial charge on any atom is -0.454 e. The number of furan rings is 1. The number of rotatable bonds is 3. The van der Waals surface area contributed by atoms with Crippen LogP contribution in [0.25, 0.3) is 33.5 Å². The lowest BCUT2D eigenvalue weighted by atomic mass is 10.0. The Bertz CT molecular complexity index is 1480. The van der Waals surface area contributed by atoms with Crippen molar-refractivity contribution in [2.75, 3.05) is 11.4 Å². The van der Waals surface area contributed by atoms with Crippen molar-refractivity contribution in [1.82, 2.24) is 9.97 Å². The van der Waals surface area contributed by atoms with E-state index in [1.54, 1.807) is 18.2 Å². The van der Waals surface area contributed by atoms with E-state index < -0.39 is 6.29 Å². The van der Waals surface area contributed by atoms with E-state index in [9.17, 15) is 14.6 Å². The van der Waals surface area contributed by atoms with Crippen molar-refractivity contribution in [3.63, 3.8) is 0 Å². The van der Waals surface area contributed by atoms with Crippen LogP contribution in [-0.4, -0.2) is 26.7 Å². The van der Waals surface area contributed by atoms with Crippen LogP contribution in [0.3, 0.4) is 0 Å². The van der Waals surface area contributed by atoms with E-state index in [0.717, 1.165) is 35.1 Å². The van der Waals surface area contributed by atoms with E-state index in [1.807, 2.05) is 41.3 Å². The number of anilines is 2. The van der Waals surface area contributed by atoms with Crippen molar-refractivity contribution in [3.05, 3.63) is 83.7 Å². The Morgan fingerprint density at radius 1 is 0.939 bits per heavy atom. The maximum absolute atomic E-state index is 14.2. The number of nitrogens with zero attached hydrogens (tertiary/aromatic N) is 3. The summed E-state index contributed by atoms with van der Waals surface area (Å²) in [5, 5.41) is 20.2. The van der Waals surface area contributed by atoms with Gasteiger partial charge in [0, 0.05) is 23.2 Å². The molecule has 1 aliphatic heterocycles. The van der Waals surface area contributed by atoms with E-state index >= 15 is 0 Å². The number of halogens is 1. The zero-order valence-electron chi connectivity index (χ0n) is 17.6. The number of fused-ring (bicyclic) bond motifs is 3. The van der Waals surface area contributed by atoms with Crippen LogP contribution >= 0.6 is 0 Å². The first-order valence-corrected chi connectivity index (χ1v) is 10.8. The van der Waals surface area contributed by atoms with Crippen LogP contribution in [-0.2, 0) is 6.42 Å². The minimum absolute atomic E-state index is 0.314. The van der Waals surface area contributed by atoms with Crippen LogP contribution in [0.2, 0.25) is 0 Å². The highest BCUT2D eigenvalue weighted by atomic mass is 19.1. The molecule has 5 aromatic rings. The molecule has 0 unspecified atom stereocenters. The lowest BCUT2D eigenvalue weighted by Gasteiger charge is -2.31. The van der Waals surface area contributed by atoms with Gasteiger partial charge >= 0.3 is 0 Å². The van der Waals surface area contributed by atoms with Crippen LogP contribution in [0, 0.1) is 5.82 Å². The molecule has 2 N–H and O–H groups in total. The SMILES string of the molecule is OC(O)c1ccc2nc(-c3cc4ccccc4o3)c(N3CCCc4ccc(F)cc43)nc2c1. The van der Waals surface area contributed by atoms with E-state index in [-0.39, 0.29) is 5.82 Å². The van der Waals surface area contributed by atoms with Crippen molar-refractivity contribution >= 4 is 33.5 Å². The number of aliphatic hydroxyl groups excluding tert-OH is 1. The third-order valence-corrected chi connectivity index (χ3v) is 6.05. The molecule has 7 heteroatoms. The van der Waals surface area contributed by atoms with Gasteiger partial charge in [-0.25, -0.2) is 14.4 Å². The molecular formula is C26H20FN3O3. The fourth-order valence-corrected chi connectivity index (χ4v) is 4.44. The molecule has 6 rings (SSSR count). The molecule has 1 aliphatic rings. The predicted molar refractivity (Wildman–Crippen MR) is 124 cm³/mol. The summed E-state index contributed by atoms with van der Waals surface area (Å²) >= 11 is 0. The zero-order chi connectivity index (χ0) is 22.5. The van der Waals surface area contributed by atoms with Gasteiger partial charge in [0.15, 0.2) is 17.9 Å². The molecule has 2 aromatic heterocycles. The molecule has 0 aliphatic carbocycles. The van der Waals surface area contributed by atoms with Crippen LogP contribution in [0.1, 0.15) is 23.8 Å². The average Bonchev–Trinajstić information content (AvgIpc) is 3.26. The molecule has 6 nitrogen and oxygen atoms in total. The normalized spacial score (nSPS) is 13.8. The number of benzene rings is 3. The van der Waals surface area contributed by atoms with Crippen molar-refractivity contribution in [2.45, 2.75) is 19.1 Å². The Balaban J connectivity index is 1.62. The van der Waals surface area contributed by atoms with Crippen LogP contribution < -0.4 is 4.90 Å². The summed E-state index contributed by atoms with van der Waals surface area (Å²) < 4.78 is 20.3. The molecule has 0 atom stereocenters. The smallest absolute Gasteiger partial charge is 0.178 e.